The molecule has 4 nitrogen and oxygen atoms in total. The Bertz CT molecular complexity index is 662. The van der Waals surface area contributed by atoms with Crippen LogP contribution < -0.4 is 0 Å². The number of amides is 1. The lowest BCUT2D eigenvalue weighted by Gasteiger charge is -2.32. The van der Waals surface area contributed by atoms with E-state index in [2.05, 4.69) is 17.1 Å². The maximum atomic E-state index is 12.6. The first kappa shape index (κ1) is 14.8. The number of aryl methyl sites for hydroxylation is 2. The third-order valence-electron chi connectivity index (χ3n) is 4.41. The van der Waals surface area contributed by atoms with Gasteiger partial charge >= 0.3 is 0 Å². The van der Waals surface area contributed by atoms with Crippen LogP contribution in [-0.4, -0.2) is 33.4 Å². The van der Waals surface area contributed by atoms with Gasteiger partial charge in [0.1, 0.15) is 5.69 Å². The van der Waals surface area contributed by atoms with Gasteiger partial charge in [-0.05, 0) is 56.4 Å². The van der Waals surface area contributed by atoms with Crippen molar-refractivity contribution in [1.29, 1.82) is 0 Å². The van der Waals surface area contributed by atoms with Gasteiger partial charge in [0.15, 0.2) is 0 Å². The molecule has 0 N–H and O–H groups in total. The number of hydrogen-bond donors (Lipinski definition) is 0. The molecule has 1 fully saturated rings. The van der Waals surface area contributed by atoms with Crippen molar-refractivity contribution in [2.75, 3.05) is 13.1 Å². The summed E-state index contributed by atoms with van der Waals surface area (Å²) in [4.78, 5) is 19.2. The van der Waals surface area contributed by atoms with Crippen molar-refractivity contribution in [1.82, 2.24) is 14.5 Å². The van der Waals surface area contributed by atoms with E-state index in [0.717, 1.165) is 43.0 Å². The summed E-state index contributed by atoms with van der Waals surface area (Å²) < 4.78 is 1.90. The van der Waals surface area contributed by atoms with E-state index in [1.54, 1.807) is 0 Å². The van der Waals surface area contributed by atoms with E-state index < -0.39 is 0 Å². The van der Waals surface area contributed by atoms with Crippen LogP contribution >= 0.6 is 0 Å². The lowest BCUT2D eigenvalue weighted by molar-refractivity contribution is 0.0663. The predicted molar refractivity (Wildman–Crippen MR) is 86.7 cm³/mol. The van der Waals surface area contributed by atoms with E-state index in [1.807, 2.05) is 47.8 Å². The molecular formula is C18H23N3O. The number of pyridine rings is 1. The first-order chi connectivity index (χ1) is 10.6. The number of carbonyl (C=O) groups excluding carboxylic acids is 1. The number of aromatic nitrogens is 2. The monoisotopic (exact) mass is 297 g/mol. The Morgan fingerprint density at radius 2 is 2.18 bits per heavy atom. The quantitative estimate of drug-likeness (QED) is 0.873. The Morgan fingerprint density at radius 1 is 1.32 bits per heavy atom. The van der Waals surface area contributed by atoms with Crippen LogP contribution in [0.5, 0.6) is 0 Å². The minimum atomic E-state index is 0.148. The molecule has 0 aliphatic carbocycles. The molecule has 0 saturated carbocycles. The molecule has 1 atom stereocenters. The van der Waals surface area contributed by atoms with E-state index in [1.165, 1.54) is 6.42 Å². The van der Waals surface area contributed by atoms with Crippen LogP contribution in [0.3, 0.4) is 0 Å². The largest absolute Gasteiger partial charge is 0.347 e. The Labute approximate surface area is 131 Å². The minimum Gasteiger partial charge on any atom is -0.347 e. The Hall–Kier alpha value is -2.10. The van der Waals surface area contributed by atoms with Gasteiger partial charge in [-0.25, -0.2) is 0 Å². The molecule has 2 aromatic heterocycles. The highest BCUT2D eigenvalue weighted by atomic mass is 16.2. The smallest absolute Gasteiger partial charge is 0.270 e. The predicted octanol–water partition coefficient (Wildman–Crippen LogP) is 2.82. The van der Waals surface area contributed by atoms with E-state index in [4.69, 9.17) is 0 Å². The fraction of sp³-hybridized carbons (Fsp3) is 0.444. The summed E-state index contributed by atoms with van der Waals surface area (Å²) >= 11 is 0. The Kier molecular flexibility index (Phi) is 4.27. The first-order valence-electron chi connectivity index (χ1n) is 7.96. The van der Waals surface area contributed by atoms with Gasteiger partial charge in [-0.1, -0.05) is 6.07 Å². The van der Waals surface area contributed by atoms with Gasteiger partial charge in [-0.15, -0.1) is 0 Å². The fourth-order valence-corrected chi connectivity index (χ4v) is 3.27. The minimum absolute atomic E-state index is 0.148. The third-order valence-corrected chi connectivity index (χ3v) is 4.41. The third kappa shape index (κ3) is 3.21. The molecule has 0 bridgehead atoms. The molecule has 3 heterocycles. The maximum Gasteiger partial charge on any atom is 0.270 e. The number of likely N-dealkylation sites (tertiary alicyclic amines) is 1. The standard InChI is InChI=1S/C18H23N3O/c1-14-6-3-8-16(19-14)12-15-7-4-11-21(13-15)18(22)17-9-5-10-20(17)2/h3,5-6,8-10,15H,4,7,11-13H2,1-2H3. The first-order valence-corrected chi connectivity index (χ1v) is 7.96. The lowest BCUT2D eigenvalue weighted by atomic mass is 9.93. The van der Waals surface area contributed by atoms with Gasteiger partial charge in [0.2, 0.25) is 0 Å². The summed E-state index contributed by atoms with van der Waals surface area (Å²) in [5, 5.41) is 0. The molecule has 1 aliphatic heterocycles. The van der Waals surface area contributed by atoms with Crippen molar-refractivity contribution < 1.29 is 4.79 Å². The Morgan fingerprint density at radius 3 is 2.91 bits per heavy atom. The highest BCUT2D eigenvalue weighted by molar-refractivity contribution is 5.92. The molecule has 0 aromatic carbocycles. The summed E-state index contributed by atoms with van der Waals surface area (Å²) in [6.45, 7) is 3.72. The SMILES string of the molecule is Cc1cccc(CC2CCCN(C(=O)c3cccn3C)C2)n1. The van der Waals surface area contributed by atoms with Gasteiger partial charge in [0, 0.05) is 37.7 Å². The molecule has 22 heavy (non-hydrogen) atoms. The molecule has 4 heteroatoms. The topological polar surface area (TPSA) is 38.1 Å². The lowest BCUT2D eigenvalue weighted by Crippen LogP contribution is -2.41. The van der Waals surface area contributed by atoms with Gasteiger partial charge in [0.25, 0.3) is 5.91 Å². The van der Waals surface area contributed by atoms with Crippen LogP contribution in [0.15, 0.2) is 36.5 Å². The van der Waals surface area contributed by atoms with Crippen molar-refractivity contribution in [3.63, 3.8) is 0 Å². The zero-order valence-corrected chi connectivity index (χ0v) is 13.3. The Balaban J connectivity index is 1.67. The van der Waals surface area contributed by atoms with Gasteiger partial charge < -0.3 is 9.47 Å². The number of nitrogens with zero attached hydrogens (tertiary/aromatic N) is 3. The van der Waals surface area contributed by atoms with Crippen LogP contribution in [0.2, 0.25) is 0 Å². The average molecular weight is 297 g/mol. The number of carbonyl (C=O) groups is 1. The zero-order valence-electron chi connectivity index (χ0n) is 13.3. The van der Waals surface area contributed by atoms with Crippen molar-refractivity contribution in [2.45, 2.75) is 26.2 Å². The molecule has 1 unspecified atom stereocenters. The molecule has 2 aromatic rings. The second kappa shape index (κ2) is 6.34. The molecule has 116 valence electrons. The number of hydrogen-bond acceptors (Lipinski definition) is 2. The van der Waals surface area contributed by atoms with Crippen molar-refractivity contribution in [2.24, 2.45) is 13.0 Å². The molecular weight excluding hydrogens is 274 g/mol. The zero-order chi connectivity index (χ0) is 15.5. The highest BCUT2D eigenvalue weighted by Crippen LogP contribution is 2.22. The molecule has 0 spiro atoms. The summed E-state index contributed by atoms with van der Waals surface area (Å²) in [6.07, 6.45) is 5.13. The summed E-state index contributed by atoms with van der Waals surface area (Å²) in [5.74, 6) is 0.654. The molecule has 0 radical (unpaired) electrons. The van der Waals surface area contributed by atoms with Crippen LogP contribution in [0, 0.1) is 12.8 Å². The highest BCUT2D eigenvalue weighted by Gasteiger charge is 2.25. The molecule has 1 saturated heterocycles. The molecule has 1 aliphatic rings. The molecule has 1 amide bonds. The molecule has 3 rings (SSSR count). The fourth-order valence-electron chi connectivity index (χ4n) is 3.27. The number of piperidine rings is 1. The van der Waals surface area contributed by atoms with E-state index >= 15 is 0 Å². The van der Waals surface area contributed by atoms with Crippen molar-refractivity contribution in [3.8, 4) is 0 Å². The van der Waals surface area contributed by atoms with E-state index in [9.17, 15) is 4.79 Å². The summed E-state index contributed by atoms with van der Waals surface area (Å²) in [5.41, 5.74) is 2.97. The summed E-state index contributed by atoms with van der Waals surface area (Å²) in [7, 11) is 1.92. The van der Waals surface area contributed by atoms with Crippen LogP contribution in [0.4, 0.5) is 0 Å². The van der Waals surface area contributed by atoms with Crippen molar-refractivity contribution >= 4 is 5.91 Å². The van der Waals surface area contributed by atoms with E-state index in [-0.39, 0.29) is 5.91 Å². The average Bonchev–Trinajstić information content (AvgIpc) is 2.93. The second-order valence-electron chi connectivity index (χ2n) is 6.24. The van der Waals surface area contributed by atoms with Gasteiger partial charge in [-0.2, -0.15) is 0 Å². The number of rotatable bonds is 3. The van der Waals surface area contributed by atoms with Crippen LogP contribution in [-0.2, 0) is 13.5 Å². The van der Waals surface area contributed by atoms with Crippen LogP contribution in [0.25, 0.3) is 0 Å². The van der Waals surface area contributed by atoms with Gasteiger partial charge in [-0.3, -0.25) is 9.78 Å². The van der Waals surface area contributed by atoms with Crippen molar-refractivity contribution in [3.05, 3.63) is 53.6 Å². The van der Waals surface area contributed by atoms with Gasteiger partial charge in [0.05, 0.1) is 0 Å². The summed E-state index contributed by atoms with van der Waals surface area (Å²) in [6, 6.07) is 9.99. The second-order valence-corrected chi connectivity index (χ2v) is 6.24. The van der Waals surface area contributed by atoms with Crippen LogP contribution in [0.1, 0.15) is 34.7 Å². The normalized spacial score (nSPS) is 18.5. The maximum absolute atomic E-state index is 12.6. The van der Waals surface area contributed by atoms with E-state index in [0.29, 0.717) is 5.92 Å².